The van der Waals surface area contributed by atoms with Crippen LogP contribution in [0.4, 0.5) is 10.1 Å². The van der Waals surface area contributed by atoms with Gasteiger partial charge in [0.05, 0.1) is 10.6 Å². The number of rotatable bonds is 5. The summed E-state index contributed by atoms with van der Waals surface area (Å²) in [6.07, 6.45) is 1.69. The van der Waals surface area contributed by atoms with Gasteiger partial charge in [-0.15, -0.1) is 0 Å². The minimum absolute atomic E-state index is 0.212. The Bertz CT molecular complexity index is 632. The molecule has 0 radical (unpaired) electrons. The zero-order chi connectivity index (χ0) is 14.5. The van der Waals surface area contributed by atoms with Gasteiger partial charge in [0, 0.05) is 30.9 Å². The number of hydrogen-bond acceptors (Lipinski definition) is 4. The molecule has 2 rings (SSSR count). The Morgan fingerprint density at radius 3 is 2.80 bits per heavy atom. The Balaban J connectivity index is 2.03. The molecule has 6 heteroatoms. The van der Waals surface area contributed by atoms with Crippen molar-refractivity contribution in [2.45, 2.75) is 20.0 Å². The molecule has 0 aliphatic carbocycles. The Kier molecular flexibility index (Phi) is 4.37. The topological polar surface area (TPSA) is 68.1 Å². The minimum Gasteiger partial charge on any atom is -0.307 e. The maximum Gasteiger partial charge on any atom is 0.305 e. The van der Waals surface area contributed by atoms with Crippen LogP contribution in [0, 0.1) is 22.9 Å². The lowest BCUT2D eigenvalue weighted by atomic mass is 10.1. The quantitative estimate of drug-likeness (QED) is 0.673. The normalized spacial score (nSPS) is 10.5. The van der Waals surface area contributed by atoms with Gasteiger partial charge in [0.1, 0.15) is 0 Å². The average Bonchev–Trinajstić information content (AvgIpc) is 2.42. The van der Waals surface area contributed by atoms with E-state index in [0.29, 0.717) is 6.54 Å². The third kappa shape index (κ3) is 3.16. The zero-order valence-electron chi connectivity index (χ0n) is 11.0. The molecule has 1 heterocycles. The largest absolute Gasteiger partial charge is 0.307 e. The van der Waals surface area contributed by atoms with Crippen LogP contribution in [0.15, 0.2) is 36.5 Å². The second-order valence-electron chi connectivity index (χ2n) is 4.38. The van der Waals surface area contributed by atoms with E-state index in [1.54, 1.807) is 6.20 Å². The van der Waals surface area contributed by atoms with Crippen LogP contribution in [0.2, 0.25) is 0 Å². The molecule has 0 bridgehead atoms. The van der Waals surface area contributed by atoms with Gasteiger partial charge in [-0.1, -0.05) is 18.2 Å². The van der Waals surface area contributed by atoms with Gasteiger partial charge in [0.25, 0.3) is 0 Å². The number of aryl methyl sites for hydroxylation is 1. The lowest BCUT2D eigenvalue weighted by Crippen LogP contribution is -2.15. The third-order valence-electron chi connectivity index (χ3n) is 2.98. The Morgan fingerprint density at radius 1 is 1.30 bits per heavy atom. The molecule has 0 saturated heterocycles. The number of nitrogens with one attached hydrogen (secondary N) is 1. The number of benzene rings is 1. The molecule has 0 atom stereocenters. The summed E-state index contributed by atoms with van der Waals surface area (Å²) in [5.41, 5.74) is 1.68. The molecule has 0 spiro atoms. The Labute approximate surface area is 115 Å². The fourth-order valence-corrected chi connectivity index (χ4v) is 1.86. The van der Waals surface area contributed by atoms with E-state index in [4.69, 9.17) is 0 Å². The zero-order valence-corrected chi connectivity index (χ0v) is 11.0. The smallest absolute Gasteiger partial charge is 0.305 e. The van der Waals surface area contributed by atoms with Crippen LogP contribution >= 0.6 is 0 Å². The highest BCUT2D eigenvalue weighted by atomic mass is 19.1. The number of aromatic nitrogens is 1. The van der Waals surface area contributed by atoms with E-state index < -0.39 is 16.4 Å². The Hall–Kier alpha value is -2.34. The molecule has 1 N–H and O–H groups in total. The van der Waals surface area contributed by atoms with Crippen molar-refractivity contribution in [1.82, 2.24) is 10.3 Å². The summed E-state index contributed by atoms with van der Waals surface area (Å²) in [5.74, 6) is -0.789. The molecule has 0 fully saturated rings. The summed E-state index contributed by atoms with van der Waals surface area (Å²) in [6, 6.07) is 7.95. The number of halogens is 1. The first-order valence-corrected chi connectivity index (χ1v) is 6.12. The van der Waals surface area contributed by atoms with Crippen LogP contribution < -0.4 is 5.32 Å². The maximum atomic E-state index is 13.8. The first kappa shape index (κ1) is 14.1. The molecular formula is C14H14FN3O2. The number of nitro benzene ring substituents is 1. The highest BCUT2D eigenvalue weighted by molar-refractivity contribution is 5.36. The summed E-state index contributed by atoms with van der Waals surface area (Å²) in [7, 11) is 0. The summed E-state index contributed by atoms with van der Waals surface area (Å²) in [6.45, 7) is 2.64. The summed E-state index contributed by atoms with van der Waals surface area (Å²) in [5, 5.41) is 13.7. The summed E-state index contributed by atoms with van der Waals surface area (Å²) < 4.78 is 13.8. The standard InChI is InChI=1S/C14H14FN3O2/c1-10-4-3-7-17-12(10)9-16-8-11-5-2-6-13(14(11)15)18(19)20/h2-7,16H,8-9H2,1H3. The lowest BCUT2D eigenvalue weighted by molar-refractivity contribution is -0.387. The van der Waals surface area contributed by atoms with Gasteiger partial charge in [-0.3, -0.25) is 15.1 Å². The van der Waals surface area contributed by atoms with Crippen LogP contribution in [0.5, 0.6) is 0 Å². The SMILES string of the molecule is Cc1cccnc1CNCc1cccc([N+](=O)[O-])c1F. The van der Waals surface area contributed by atoms with E-state index in [-0.39, 0.29) is 12.1 Å². The number of nitro groups is 1. The van der Waals surface area contributed by atoms with E-state index in [1.807, 2.05) is 19.1 Å². The van der Waals surface area contributed by atoms with Gasteiger partial charge in [-0.05, 0) is 18.6 Å². The predicted molar refractivity (Wildman–Crippen MR) is 72.6 cm³/mol. The van der Waals surface area contributed by atoms with Crippen LogP contribution in [-0.4, -0.2) is 9.91 Å². The molecule has 0 aliphatic rings. The number of pyridine rings is 1. The second-order valence-corrected chi connectivity index (χ2v) is 4.38. The average molecular weight is 275 g/mol. The Morgan fingerprint density at radius 2 is 2.10 bits per heavy atom. The van der Waals surface area contributed by atoms with E-state index in [0.717, 1.165) is 17.3 Å². The minimum atomic E-state index is -0.789. The van der Waals surface area contributed by atoms with Crippen molar-refractivity contribution in [3.05, 3.63) is 69.3 Å². The van der Waals surface area contributed by atoms with Crippen LogP contribution in [0.3, 0.4) is 0 Å². The van der Waals surface area contributed by atoms with E-state index in [2.05, 4.69) is 10.3 Å². The van der Waals surface area contributed by atoms with E-state index in [1.165, 1.54) is 12.1 Å². The van der Waals surface area contributed by atoms with Gasteiger partial charge in [-0.2, -0.15) is 4.39 Å². The van der Waals surface area contributed by atoms with Gasteiger partial charge >= 0.3 is 5.69 Å². The van der Waals surface area contributed by atoms with Crippen molar-refractivity contribution in [3.63, 3.8) is 0 Å². The maximum absolute atomic E-state index is 13.8. The summed E-state index contributed by atoms with van der Waals surface area (Å²) >= 11 is 0. The van der Waals surface area contributed by atoms with Crippen molar-refractivity contribution in [2.75, 3.05) is 0 Å². The summed E-state index contributed by atoms with van der Waals surface area (Å²) in [4.78, 5) is 14.1. The number of nitrogens with zero attached hydrogens (tertiary/aromatic N) is 2. The van der Waals surface area contributed by atoms with E-state index >= 15 is 0 Å². The molecular weight excluding hydrogens is 261 g/mol. The molecule has 1 aromatic carbocycles. The van der Waals surface area contributed by atoms with Crippen molar-refractivity contribution in [3.8, 4) is 0 Å². The fourth-order valence-electron chi connectivity index (χ4n) is 1.86. The fraction of sp³-hybridized carbons (Fsp3) is 0.214. The third-order valence-corrected chi connectivity index (χ3v) is 2.98. The highest BCUT2D eigenvalue weighted by Crippen LogP contribution is 2.20. The van der Waals surface area contributed by atoms with Crippen molar-refractivity contribution in [2.24, 2.45) is 0 Å². The molecule has 104 valence electrons. The molecule has 5 nitrogen and oxygen atoms in total. The molecule has 20 heavy (non-hydrogen) atoms. The second kappa shape index (κ2) is 6.21. The number of hydrogen-bond donors (Lipinski definition) is 1. The van der Waals surface area contributed by atoms with Crippen LogP contribution in [-0.2, 0) is 13.1 Å². The molecule has 0 saturated carbocycles. The lowest BCUT2D eigenvalue weighted by Gasteiger charge is -2.07. The first-order valence-electron chi connectivity index (χ1n) is 6.12. The van der Waals surface area contributed by atoms with Gasteiger partial charge in [-0.25, -0.2) is 0 Å². The first-order chi connectivity index (χ1) is 9.59. The van der Waals surface area contributed by atoms with E-state index in [9.17, 15) is 14.5 Å². The highest BCUT2D eigenvalue weighted by Gasteiger charge is 2.16. The van der Waals surface area contributed by atoms with Crippen LogP contribution in [0.25, 0.3) is 0 Å². The van der Waals surface area contributed by atoms with Crippen LogP contribution in [0.1, 0.15) is 16.8 Å². The molecule has 0 amide bonds. The molecule has 0 unspecified atom stereocenters. The van der Waals surface area contributed by atoms with Gasteiger partial charge in [0.2, 0.25) is 5.82 Å². The molecule has 1 aromatic heterocycles. The van der Waals surface area contributed by atoms with Gasteiger partial charge < -0.3 is 5.32 Å². The molecule has 2 aromatic rings. The van der Waals surface area contributed by atoms with Crippen molar-refractivity contribution >= 4 is 5.69 Å². The van der Waals surface area contributed by atoms with Crippen molar-refractivity contribution < 1.29 is 9.31 Å². The monoisotopic (exact) mass is 275 g/mol. The van der Waals surface area contributed by atoms with Crippen molar-refractivity contribution in [1.29, 1.82) is 0 Å². The predicted octanol–water partition coefficient (Wildman–Crippen LogP) is 2.73. The van der Waals surface area contributed by atoms with Gasteiger partial charge in [0.15, 0.2) is 0 Å². The molecule has 0 aliphatic heterocycles.